The molecule has 0 spiro atoms. The number of aliphatic hydroxyl groups is 1. The number of aliphatic hydroxyl groups excluding tert-OH is 1. The summed E-state index contributed by atoms with van der Waals surface area (Å²) in [5.41, 5.74) is 5.94. The minimum Gasteiger partial charge on any atom is -0.390 e. The van der Waals surface area contributed by atoms with Gasteiger partial charge in [-0.2, -0.15) is 0 Å². The maximum atomic E-state index is 12.6. The number of carbonyl (C=O) groups excluding carboxylic acids is 1. The van der Waals surface area contributed by atoms with Crippen LogP contribution in [0.3, 0.4) is 0 Å². The Hall–Kier alpha value is -3.18. The molecule has 7 heteroatoms. The van der Waals surface area contributed by atoms with E-state index in [9.17, 15) is 9.90 Å². The van der Waals surface area contributed by atoms with Crippen molar-refractivity contribution in [2.24, 2.45) is 0 Å². The van der Waals surface area contributed by atoms with Crippen molar-refractivity contribution in [2.75, 3.05) is 32.8 Å². The zero-order chi connectivity index (χ0) is 21.9. The molecule has 1 aromatic carbocycles. The number of imidazole rings is 1. The van der Waals surface area contributed by atoms with Crippen molar-refractivity contribution < 1.29 is 14.6 Å². The first-order chi connectivity index (χ1) is 15.7. The number of amides is 1. The maximum Gasteiger partial charge on any atom is 0.271 e. The Morgan fingerprint density at radius 1 is 1.22 bits per heavy atom. The lowest BCUT2D eigenvalue weighted by Gasteiger charge is -2.29. The number of nitrogens with zero attached hydrogens (tertiary/aromatic N) is 3. The molecule has 2 aromatic heterocycles. The fraction of sp³-hybridized carbons (Fsp3) is 0.360. The van der Waals surface area contributed by atoms with Crippen LogP contribution in [-0.2, 0) is 17.7 Å². The van der Waals surface area contributed by atoms with Gasteiger partial charge in [0, 0.05) is 38.6 Å². The van der Waals surface area contributed by atoms with Crippen LogP contribution in [0.5, 0.6) is 0 Å². The Kier molecular flexibility index (Phi) is 5.91. The predicted molar refractivity (Wildman–Crippen MR) is 120 cm³/mol. The number of β-amino-alcohol motifs (C(OH)–C–C–N with tert-alkyl or cyclic N) is 1. The quantitative estimate of drug-likeness (QED) is 0.625. The Bertz CT molecular complexity index is 1150. The highest BCUT2D eigenvalue weighted by molar-refractivity contribution is 5.92. The summed E-state index contributed by atoms with van der Waals surface area (Å²) in [5, 5.41) is 13.3. The van der Waals surface area contributed by atoms with Gasteiger partial charge < -0.3 is 19.6 Å². The van der Waals surface area contributed by atoms with Gasteiger partial charge in [-0.1, -0.05) is 18.2 Å². The van der Waals surface area contributed by atoms with Gasteiger partial charge >= 0.3 is 0 Å². The monoisotopic (exact) mass is 430 g/mol. The van der Waals surface area contributed by atoms with Gasteiger partial charge in [-0.3, -0.25) is 9.69 Å². The summed E-state index contributed by atoms with van der Waals surface area (Å²) >= 11 is 0. The number of hydrogen-bond acceptors (Lipinski definition) is 5. The van der Waals surface area contributed by atoms with Gasteiger partial charge in [-0.05, 0) is 59.4 Å². The SMILES string of the molecule is O=C(NC[C@H](O)CN1CCc2cc#ccc2C1)c1cn2cc(C3=CCOCC3)ccc2n1. The summed E-state index contributed by atoms with van der Waals surface area (Å²) in [7, 11) is 0. The summed E-state index contributed by atoms with van der Waals surface area (Å²) in [4.78, 5) is 19.2. The molecule has 0 bridgehead atoms. The van der Waals surface area contributed by atoms with E-state index in [1.807, 2.05) is 34.9 Å². The first kappa shape index (κ1) is 20.7. The summed E-state index contributed by atoms with van der Waals surface area (Å²) in [6, 6.07) is 13.9. The summed E-state index contributed by atoms with van der Waals surface area (Å²) in [6.45, 7) is 3.71. The van der Waals surface area contributed by atoms with Crippen molar-refractivity contribution in [2.45, 2.75) is 25.5 Å². The average Bonchev–Trinajstić information content (AvgIpc) is 3.27. The first-order valence-corrected chi connectivity index (χ1v) is 11.0. The van der Waals surface area contributed by atoms with Crippen LogP contribution in [0.4, 0.5) is 0 Å². The van der Waals surface area contributed by atoms with E-state index in [0.29, 0.717) is 24.5 Å². The Morgan fingerprint density at radius 2 is 2.09 bits per heavy atom. The molecule has 3 aromatic rings. The zero-order valence-corrected chi connectivity index (χ0v) is 17.9. The molecule has 2 N–H and O–H groups in total. The van der Waals surface area contributed by atoms with Gasteiger partial charge in [0.25, 0.3) is 5.91 Å². The van der Waals surface area contributed by atoms with Crippen LogP contribution in [0.2, 0.25) is 0 Å². The van der Waals surface area contributed by atoms with Crippen LogP contribution < -0.4 is 5.32 Å². The number of fused-ring (bicyclic) bond motifs is 2. The largest absolute Gasteiger partial charge is 0.390 e. The Balaban J connectivity index is 1.17. The minimum atomic E-state index is -0.649. The van der Waals surface area contributed by atoms with Crippen LogP contribution in [0.15, 0.2) is 42.7 Å². The number of carbonyl (C=O) groups is 1. The number of rotatable bonds is 6. The average molecular weight is 431 g/mol. The zero-order valence-electron chi connectivity index (χ0n) is 17.9. The highest BCUT2D eigenvalue weighted by Gasteiger charge is 2.19. The molecule has 0 fully saturated rings. The Morgan fingerprint density at radius 3 is 2.94 bits per heavy atom. The molecule has 0 unspecified atom stereocenters. The van der Waals surface area contributed by atoms with Crippen molar-refractivity contribution >= 4 is 17.1 Å². The predicted octanol–water partition coefficient (Wildman–Crippen LogP) is 1.89. The van der Waals surface area contributed by atoms with E-state index in [2.05, 4.69) is 33.4 Å². The highest BCUT2D eigenvalue weighted by atomic mass is 16.5. The second-order valence-electron chi connectivity index (χ2n) is 8.34. The second kappa shape index (κ2) is 9.13. The van der Waals surface area contributed by atoms with Crippen molar-refractivity contribution in [3.05, 3.63) is 77.3 Å². The molecule has 5 rings (SSSR count). The fourth-order valence-corrected chi connectivity index (χ4v) is 4.32. The highest BCUT2D eigenvalue weighted by Crippen LogP contribution is 2.22. The normalized spacial score (nSPS) is 17.3. The van der Waals surface area contributed by atoms with E-state index >= 15 is 0 Å². The van der Waals surface area contributed by atoms with E-state index in [1.165, 1.54) is 16.7 Å². The smallest absolute Gasteiger partial charge is 0.271 e. The van der Waals surface area contributed by atoms with E-state index in [1.54, 1.807) is 6.20 Å². The van der Waals surface area contributed by atoms with Crippen molar-refractivity contribution in [1.29, 1.82) is 0 Å². The van der Waals surface area contributed by atoms with E-state index in [4.69, 9.17) is 4.74 Å². The molecule has 0 aliphatic carbocycles. The van der Waals surface area contributed by atoms with Crippen LogP contribution in [0.25, 0.3) is 11.2 Å². The number of pyridine rings is 1. The van der Waals surface area contributed by atoms with E-state index in [0.717, 1.165) is 38.1 Å². The van der Waals surface area contributed by atoms with Crippen LogP contribution >= 0.6 is 0 Å². The molecule has 4 heterocycles. The number of hydrogen-bond donors (Lipinski definition) is 2. The van der Waals surface area contributed by atoms with Gasteiger partial charge in [0.2, 0.25) is 0 Å². The minimum absolute atomic E-state index is 0.183. The molecule has 2 aliphatic heterocycles. The molecular formula is C25H26N4O3. The van der Waals surface area contributed by atoms with Crippen molar-refractivity contribution in [3.8, 4) is 0 Å². The number of nitrogens with one attached hydrogen (secondary N) is 1. The molecule has 1 amide bonds. The van der Waals surface area contributed by atoms with Crippen molar-refractivity contribution in [1.82, 2.24) is 19.6 Å². The summed E-state index contributed by atoms with van der Waals surface area (Å²) in [5.74, 6) is -0.284. The van der Waals surface area contributed by atoms with Gasteiger partial charge in [0.05, 0.1) is 19.3 Å². The van der Waals surface area contributed by atoms with E-state index in [-0.39, 0.29) is 12.5 Å². The molecule has 164 valence electrons. The maximum absolute atomic E-state index is 12.6. The Labute approximate surface area is 187 Å². The number of aromatic nitrogens is 2. The lowest BCUT2D eigenvalue weighted by atomic mass is 10.0. The van der Waals surface area contributed by atoms with E-state index < -0.39 is 6.10 Å². The molecule has 1 atom stereocenters. The fourth-order valence-electron chi connectivity index (χ4n) is 4.32. The third-order valence-corrected chi connectivity index (χ3v) is 6.06. The molecule has 0 saturated carbocycles. The van der Waals surface area contributed by atoms with Crippen LogP contribution in [-0.4, -0.2) is 64.3 Å². The van der Waals surface area contributed by atoms with Gasteiger partial charge in [0.1, 0.15) is 11.3 Å². The van der Waals surface area contributed by atoms with Gasteiger partial charge in [-0.15, -0.1) is 0 Å². The van der Waals surface area contributed by atoms with Crippen LogP contribution in [0, 0.1) is 12.1 Å². The first-order valence-electron chi connectivity index (χ1n) is 11.0. The lowest BCUT2D eigenvalue weighted by Crippen LogP contribution is -2.42. The van der Waals surface area contributed by atoms with Gasteiger partial charge in [-0.25, -0.2) is 4.98 Å². The third-order valence-electron chi connectivity index (χ3n) is 6.06. The standard InChI is InChI=1S/C25H26N4O3/c30-22(16-28-10-7-18-3-1-2-4-20(18)14-28)13-26-25(31)23-17-29-15-21(5-6-24(29)27-23)19-8-11-32-12-9-19/h3-6,8,15,17,22,30H,7,9-14,16H2,(H,26,31)/t22-/m0/s1. The molecular weight excluding hydrogens is 404 g/mol. The van der Waals surface area contributed by atoms with Gasteiger partial charge in [0.15, 0.2) is 0 Å². The molecule has 2 aliphatic rings. The number of ether oxygens (including phenoxy) is 1. The molecule has 0 radical (unpaired) electrons. The molecule has 32 heavy (non-hydrogen) atoms. The summed E-state index contributed by atoms with van der Waals surface area (Å²) < 4.78 is 7.25. The molecule has 0 saturated heterocycles. The second-order valence-corrected chi connectivity index (χ2v) is 8.34. The lowest BCUT2D eigenvalue weighted by molar-refractivity contribution is 0.0838. The summed E-state index contributed by atoms with van der Waals surface area (Å²) in [6.07, 6.45) is 6.99. The van der Waals surface area contributed by atoms with Crippen molar-refractivity contribution in [3.63, 3.8) is 0 Å². The molecule has 7 nitrogen and oxygen atoms in total. The topological polar surface area (TPSA) is 79.1 Å². The third kappa shape index (κ3) is 4.53. The van der Waals surface area contributed by atoms with Crippen LogP contribution in [0.1, 0.15) is 33.6 Å².